The fourth-order valence-corrected chi connectivity index (χ4v) is 3.00. The number of pyridine rings is 1. The van der Waals surface area contributed by atoms with Crippen molar-refractivity contribution in [2.45, 2.75) is 0 Å². The topological polar surface area (TPSA) is 45.4 Å². The van der Waals surface area contributed by atoms with Crippen molar-refractivity contribution in [1.82, 2.24) is 4.98 Å². The molecule has 110 valence electrons. The summed E-state index contributed by atoms with van der Waals surface area (Å²) in [7, 11) is 0. The molecule has 0 bridgehead atoms. The highest BCUT2D eigenvalue weighted by molar-refractivity contribution is 6.33. The van der Waals surface area contributed by atoms with E-state index >= 15 is 0 Å². The molecule has 0 aliphatic carbocycles. The third kappa shape index (κ3) is 3.01. The number of nitrogen functional groups attached to an aromatic ring is 1. The van der Waals surface area contributed by atoms with Crippen molar-refractivity contribution in [3.63, 3.8) is 0 Å². The summed E-state index contributed by atoms with van der Waals surface area (Å²) >= 11 is 12.1. The largest absolute Gasteiger partial charge is 0.396 e. The first kappa shape index (κ1) is 14.3. The fourth-order valence-electron chi connectivity index (χ4n) is 2.58. The van der Waals surface area contributed by atoms with E-state index in [1.54, 1.807) is 12.3 Å². The molecular weight excluding hydrogens is 307 g/mol. The number of piperazine rings is 1. The normalized spacial score (nSPS) is 15.3. The summed E-state index contributed by atoms with van der Waals surface area (Å²) in [5, 5.41) is 1.35. The zero-order valence-electron chi connectivity index (χ0n) is 11.5. The van der Waals surface area contributed by atoms with Crippen LogP contribution in [0.25, 0.3) is 0 Å². The number of para-hydroxylation sites is 1. The van der Waals surface area contributed by atoms with Crippen LogP contribution in [0.3, 0.4) is 0 Å². The minimum atomic E-state index is 0.561. The van der Waals surface area contributed by atoms with Gasteiger partial charge in [0.2, 0.25) is 0 Å². The zero-order chi connectivity index (χ0) is 14.8. The summed E-state index contributed by atoms with van der Waals surface area (Å²) in [5.41, 5.74) is 7.70. The van der Waals surface area contributed by atoms with Crippen molar-refractivity contribution in [1.29, 1.82) is 0 Å². The van der Waals surface area contributed by atoms with E-state index in [-0.39, 0.29) is 0 Å². The summed E-state index contributed by atoms with van der Waals surface area (Å²) in [6.07, 6.45) is 1.63. The van der Waals surface area contributed by atoms with Crippen molar-refractivity contribution in [3.05, 3.63) is 46.6 Å². The van der Waals surface area contributed by atoms with E-state index in [2.05, 4.69) is 14.8 Å². The molecule has 0 amide bonds. The second-order valence-corrected chi connectivity index (χ2v) is 5.84. The van der Waals surface area contributed by atoms with Gasteiger partial charge >= 0.3 is 0 Å². The summed E-state index contributed by atoms with van der Waals surface area (Å²) in [6, 6.07) is 9.66. The molecule has 1 aliphatic heterocycles. The van der Waals surface area contributed by atoms with Crippen molar-refractivity contribution < 1.29 is 0 Å². The van der Waals surface area contributed by atoms with Crippen LogP contribution in [0.5, 0.6) is 0 Å². The monoisotopic (exact) mass is 322 g/mol. The van der Waals surface area contributed by atoms with Gasteiger partial charge in [-0.15, -0.1) is 0 Å². The first-order valence-corrected chi connectivity index (χ1v) is 7.56. The van der Waals surface area contributed by atoms with E-state index in [0.29, 0.717) is 10.7 Å². The Hall–Kier alpha value is -1.65. The number of aromatic nitrogens is 1. The summed E-state index contributed by atoms with van der Waals surface area (Å²) in [4.78, 5) is 8.80. The smallest absolute Gasteiger partial charge is 0.151 e. The number of hydrogen-bond donors (Lipinski definition) is 1. The number of hydrogen-bond acceptors (Lipinski definition) is 4. The summed E-state index contributed by atoms with van der Waals surface area (Å²) in [6.45, 7) is 3.47. The van der Waals surface area contributed by atoms with E-state index in [1.165, 1.54) is 0 Å². The Bertz CT molecular complexity index is 639. The van der Waals surface area contributed by atoms with Gasteiger partial charge in [0.1, 0.15) is 0 Å². The number of rotatable bonds is 2. The average Bonchev–Trinajstić information content (AvgIpc) is 2.48. The Kier molecular flexibility index (Phi) is 4.08. The lowest BCUT2D eigenvalue weighted by molar-refractivity contribution is 0.648. The molecule has 1 aromatic heterocycles. The number of benzene rings is 1. The van der Waals surface area contributed by atoms with E-state index in [4.69, 9.17) is 28.9 Å². The molecule has 0 radical (unpaired) electrons. The van der Waals surface area contributed by atoms with Crippen molar-refractivity contribution in [3.8, 4) is 0 Å². The Morgan fingerprint density at radius 1 is 1.00 bits per heavy atom. The fraction of sp³-hybridized carbons (Fsp3) is 0.267. The van der Waals surface area contributed by atoms with Gasteiger partial charge in [0.05, 0.1) is 21.4 Å². The molecule has 1 aliphatic rings. The maximum atomic E-state index is 6.25. The van der Waals surface area contributed by atoms with Crippen LogP contribution in [0.15, 0.2) is 36.5 Å². The molecule has 6 heteroatoms. The van der Waals surface area contributed by atoms with Gasteiger partial charge in [0.25, 0.3) is 0 Å². The lowest BCUT2D eigenvalue weighted by Gasteiger charge is -2.37. The molecule has 0 saturated carbocycles. The van der Waals surface area contributed by atoms with Crippen LogP contribution >= 0.6 is 23.2 Å². The maximum absolute atomic E-state index is 6.25. The highest BCUT2D eigenvalue weighted by Crippen LogP contribution is 2.28. The Balaban J connectivity index is 1.72. The lowest BCUT2D eigenvalue weighted by atomic mass is 10.2. The standard InChI is InChI=1S/C15H16Cl2N4/c16-11-9-13(18)15(19-10-11)21-7-5-20(6-8-21)14-4-2-1-3-12(14)17/h1-4,9-10H,5-8,18H2. The molecule has 1 aromatic carbocycles. The molecule has 2 heterocycles. The van der Waals surface area contributed by atoms with Crippen LogP contribution in [-0.4, -0.2) is 31.2 Å². The second kappa shape index (κ2) is 6.00. The third-order valence-electron chi connectivity index (χ3n) is 3.63. The van der Waals surface area contributed by atoms with Crippen LogP contribution < -0.4 is 15.5 Å². The highest BCUT2D eigenvalue weighted by atomic mass is 35.5. The van der Waals surface area contributed by atoms with E-state index in [0.717, 1.165) is 42.7 Å². The molecule has 1 fully saturated rings. The van der Waals surface area contributed by atoms with Gasteiger partial charge in [-0.25, -0.2) is 4.98 Å². The maximum Gasteiger partial charge on any atom is 0.151 e. The summed E-state index contributed by atoms with van der Waals surface area (Å²) in [5.74, 6) is 0.804. The second-order valence-electron chi connectivity index (χ2n) is 4.99. The minimum Gasteiger partial charge on any atom is -0.396 e. The molecular formula is C15H16Cl2N4. The number of anilines is 3. The van der Waals surface area contributed by atoms with Gasteiger partial charge in [-0.05, 0) is 18.2 Å². The predicted molar refractivity (Wildman–Crippen MR) is 89.5 cm³/mol. The first-order chi connectivity index (χ1) is 10.1. The van der Waals surface area contributed by atoms with E-state index in [1.807, 2.05) is 24.3 Å². The molecule has 3 rings (SSSR count). The molecule has 2 aromatic rings. The van der Waals surface area contributed by atoms with Crippen LogP contribution in [0, 0.1) is 0 Å². The van der Waals surface area contributed by atoms with E-state index < -0.39 is 0 Å². The SMILES string of the molecule is Nc1cc(Cl)cnc1N1CCN(c2ccccc2Cl)CC1. The number of nitrogens with two attached hydrogens (primary N) is 1. The van der Waals surface area contributed by atoms with Gasteiger partial charge in [-0.1, -0.05) is 35.3 Å². The molecule has 21 heavy (non-hydrogen) atoms. The van der Waals surface area contributed by atoms with Crippen molar-refractivity contribution >= 4 is 40.4 Å². The van der Waals surface area contributed by atoms with Gasteiger partial charge < -0.3 is 15.5 Å². The third-order valence-corrected chi connectivity index (χ3v) is 4.16. The molecule has 2 N–H and O–H groups in total. The minimum absolute atomic E-state index is 0.561. The van der Waals surface area contributed by atoms with Gasteiger partial charge in [-0.3, -0.25) is 0 Å². The summed E-state index contributed by atoms with van der Waals surface area (Å²) < 4.78 is 0. The highest BCUT2D eigenvalue weighted by Gasteiger charge is 2.21. The van der Waals surface area contributed by atoms with Crippen molar-refractivity contribution in [2.24, 2.45) is 0 Å². The molecule has 0 unspecified atom stereocenters. The Morgan fingerprint density at radius 3 is 2.33 bits per heavy atom. The molecule has 0 spiro atoms. The Morgan fingerprint density at radius 2 is 1.67 bits per heavy atom. The van der Waals surface area contributed by atoms with Crippen LogP contribution in [0.2, 0.25) is 10.0 Å². The van der Waals surface area contributed by atoms with Crippen molar-refractivity contribution in [2.75, 3.05) is 41.7 Å². The average molecular weight is 323 g/mol. The molecule has 0 atom stereocenters. The zero-order valence-corrected chi connectivity index (χ0v) is 13.0. The first-order valence-electron chi connectivity index (χ1n) is 6.80. The van der Waals surface area contributed by atoms with Crippen LogP contribution in [-0.2, 0) is 0 Å². The predicted octanol–water partition coefficient (Wildman–Crippen LogP) is 3.30. The molecule has 1 saturated heterocycles. The number of nitrogens with zero attached hydrogens (tertiary/aromatic N) is 3. The van der Waals surface area contributed by atoms with Crippen LogP contribution in [0.4, 0.5) is 17.2 Å². The van der Waals surface area contributed by atoms with Crippen LogP contribution in [0.1, 0.15) is 0 Å². The lowest BCUT2D eigenvalue weighted by Crippen LogP contribution is -2.47. The van der Waals surface area contributed by atoms with Gasteiger partial charge in [0.15, 0.2) is 5.82 Å². The molecule has 4 nitrogen and oxygen atoms in total. The Labute approximate surface area is 134 Å². The quantitative estimate of drug-likeness (QED) is 0.921. The van der Waals surface area contributed by atoms with Gasteiger partial charge in [0, 0.05) is 32.4 Å². The number of halogens is 2. The van der Waals surface area contributed by atoms with Gasteiger partial charge in [-0.2, -0.15) is 0 Å². The van der Waals surface area contributed by atoms with E-state index in [9.17, 15) is 0 Å².